The summed E-state index contributed by atoms with van der Waals surface area (Å²) in [5, 5.41) is 13.2. The van der Waals surface area contributed by atoms with Gasteiger partial charge < -0.3 is 15.2 Å². The van der Waals surface area contributed by atoms with Gasteiger partial charge in [-0.3, -0.25) is 0 Å². The van der Waals surface area contributed by atoms with Crippen LogP contribution in [0.1, 0.15) is 19.8 Å². The van der Waals surface area contributed by atoms with Gasteiger partial charge in [-0.25, -0.2) is 0 Å². The average molecular weight is 435 g/mol. The predicted octanol–water partition coefficient (Wildman–Crippen LogP) is 4.86. The smallest absolute Gasteiger partial charge is 0.120 e. The molecule has 0 aliphatic carbocycles. The van der Waals surface area contributed by atoms with E-state index in [0.29, 0.717) is 19.2 Å². The van der Waals surface area contributed by atoms with Crippen molar-refractivity contribution >= 4 is 37.5 Å². The third kappa shape index (κ3) is 5.04. The number of aromatic nitrogens is 1. The van der Waals surface area contributed by atoms with Crippen molar-refractivity contribution < 1.29 is 9.84 Å². The van der Waals surface area contributed by atoms with Crippen LogP contribution in [0.2, 0.25) is 0 Å². The molecule has 0 bridgehead atoms. The first-order valence-corrected chi connectivity index (χ1v) is 10.4. The fraction of sp³-hybridized carbons (Fsp3) is 0.350. The van der Waals surface area contributed by atoms with Crippen molar-refractivity contribution in [2.75, 3.05) is 19.8 Å². The molecule has 2 N–H and O–H groups in total. The Morgan fingerprint density at radius 2 is 2.04 bits per heavy atom. The molecular weight excluding hydrogens is 412 g/mol. The minimum Gasteiger partial charge on any atom is -0.494 e. The van der Waals surface area contributed by atoms with Crippen LogP contribution in [-0.4, -0.2) is 35.3 Å². The number of nitrogens with zero attached hydrogens (tertiary/aromatic N) is 1. The van der Waals surface area contributed by atoms with Gasteiger partial charge in [-0.15, -0.1) is 0 Å². The number of halogens is 1. The minimum atomic E-state index is 0.179. The Balaban J connectivity index is 1.59. The second-order valence-corrected chi connectivity index (χ2v) is 7.99. The molecule has 4 nitrogen and oxygen atoms in total. The quantitative estimate of drug-likeness (QED) is 0.472. The molecule has 1 heterocycles. The van der Waals surface area contributed by atoms with Crippen LogP contribution in [-0.2, 0) is 0 Å². The fourth-order valence-electron chi connectivity index (χ4n) is 2.82. The third-order valence-corrected chi connectivity index (χ3v) is 5.55. The fourth-order valence-corrected chi connectivity index (χ4v) is 3.91. The summed E-state index contributed by atoms with van der Waals surface area (Å²) in [5.41, 5.74) is 2.14. The second-order valence-electron chi connectivity index (χ2n) is 6.27. The summed E-state index contributed by atoms with van der Waals surface area (Å²) in [6.45, 7) is 3.64. The molecule has 0 fully saturated rings. The van der Waals surface area contributed by atoms with Crippen molar-refractivity contribution in [3.8, 4) is 17.0 Å². The highest BCUT2D eigenvalue weighted by molar-refractivity contribution is 9.10. The van der Waals surface area contributed by atoms with Crippen molar-refractivity contribution in [3.63, 3.8) is 0 Å². The molecule has 0 aliphatic heterocycles. The molecule has 6 heteroatoms. The Bertz CT molecular complexity index is 835. The summed E-state index contributed by atoms with van der Waals surface area (Å²) in [4.78, 5) is 0. The Hall–Kier alpha value is -1.47. The zero-order valence-electron chi connectivity index (χ0n) is 14.7. The first-order valence-electron chi connectivity index (χ1n) is 8.80. The van der Waals surface area contributed by atoms with E-state index in [4.69, 9.17) is 9.84 Å². The number of benzene rings is 2. The molecule has 138 valence electrons. The zero-order valence-corrected chi connectivity index (χ0v) is 17.1. The van der Waals surface area contributed by atoms with Gasteiger partial charge in [0.05, 0.1) is 23.6 Å². The topological polar surface area (TPSA) is 54.4 Å². The number of aliphatic hydroxyl groups is 1. The van der Waals surface area contributed by atoms with Crippen LogP contribution in [0.4, 0.5) is 0 Å². The molecule has 1 aromatic heterocycles. The Morgan fingerprint density at radius 3 is 2.81 bits per heavy atom. The molecular formula is C20H23BrN2O2S. The van der Waals surface area contributed by atoms with Crippen molar-refractivity contribution in [1.82, 2.24) is 9.69 Å². The molecule has 0 spiro atoms. The van der Waals surface area contributed by atoms with Crippen molar-refractivity contribution in [1.29, 1.82) is 0 Å². The maximum absolute atomic E-state index is 8.82. The van der Waals surface area contributed by atoms with Crippen LogP contribution in [0.15, 0.2) is 46.9 Å². The standard InChI is InChI=1S/C20H23BrN2O2S/c1-14(22-10-11-24)3-2-12-25-17-8-9-18-19(13-17)26-23-20(18)15-4-6-16(21)7-5-15/h4-9,13-14,22,24H,2-3,10-12H2,1H3. The van der Waals surface area contributed by atoms with Gasteiger partial charge in [0.15, 0.2) is 0 Å². The molecule has 0 saturated carbocycles. The maximum atomic E-state index is 8.82. The van der Waals surface area contributed by atoms with E-state index in [9.17, 15) is 0 Å². The van der Waals surface area contributed by atoms with Gasteiger partial charge in [0.2, 0.25) is 0 Å². The van der Waals surface area contributed by atoms with Crippen molar-refractivity contribution in [2.45, 2.75) is 25.8 Å². The zero-order chi connectivity index (χ0) is 18.4. The van der Waals surface area contributed by atoms with E-state index in [1.807, 2.05) is 18.2 Å². The van der Waals surface area contributed by atoms with Crippen LogP contribution in [0, 0.1) is 0 Å². The second kappa shape index (κ2) is 9.46. The number of nitrogens with one attached hydrogen (secondary N) is 1. The highest BCUT2D eigenvalue weighted by Crippen LogP contribution is 2.33. The number of aliphatic hydroxyl groups excluding tert-OH is 1. The van der Waals surface area contributed by atoms with Crippen LogP contribution in [0.3, 0.4) is 0 Å². The van der Waals surface area contributed by atoms with E-state index >= 15 is 0 Å². The number of ether oxygens (including phenoxy) is 1. The van der Waals surface area contributed by atoms with E-state index in [1.54, 1.807) is 0 Å². The summed E-state index contributed by atoms with van der Waals surface area (Å²) < 4.78 is 12.7. The lowest BCUT2D eigenvalue weighted by Gasteiger charge is -2.13. The molecule has 0 radical (unpaired) electrons. The highest BCUT2D eigenvalue weighted by Gasteiger charge is 2.10. The predicted molar refractivity (Wildman–Crippen MR) is 112 cm³/mol. The van der Waals surface area contributed by atoms with Crippen LogP contribution in [0.25, 0.3) is 21.3 Å². The van der Waals surface area contributed by atoms with E-state index < -0.39 is 0 Å². The van der Waals surface area contributed by atoms with Crippen LogP contribution >= 0.6 is 27.5 Å². The SMILES string of the molecule is CC(CCCOc1ccc2c(-c3ccc(Br)cc3)nsc2c1)NCCO. The van der Waals surface area contributed by atoms with Gasteiger partial charge in [-0.1, -0.05) is 28.1 Å². The molecule has 3 aromatic rings. The molecule has 1 unspecified atom stereocenters. The Labute approximate surface area is 166 Å². The van der Waals surface area contributed by atoms with Gasteiger partial charge in [0.25, 0.3) is 0 Å². The molecule has 0 aliphatic rings. The summed E-state index contributed by atoms with van der Waals surface area (Å²) in [6, 6.07) is 14.8. The van der Waals surface area contributed by atoms with Gasteiger partial charge in [-0.2, -0.15) is 4.37 Å². The molecule has 1 atom stereocenters. The lowest BCUT2D eigenvalue weighted by molar-refractivity contribution is 0.274. The maximum Gasteiger partial charge on any atom is 0.120 e. The monoisotopic (exact) mass is 434 g/mol. The summed E-state index contributed by atoms with van der Waals surface area (Å²) in [5.74, 6) is 0.888. The largest absolute Gasteiger partial charge is 0.494 e. The summed E-state index contributed by atoms with van der Waals surface area (Å²) in [6.07, 6.45) is 2.00. The van der Waals surface area contributed by atoms with Gasteiger partial charge in [0, 0.05) is 28.0 Å². The van der Waals surface area contributed by atoms with E-state index in [0.717, 1.165) is 44.4 Å². The molecule has 0 amide bonds. The number of fused-ring (bicyclic) bond motifs is 1. The summed E-state index contributed by atoms with van der Waals surface area (Å²) in [7, 11) is 0. The Kier molecular flexibility index (Phi) is 7.02. The normalized spacial score (nSPS) is 12.4. The lowest BCUT2D eigenvalue weighted by atomic mass is 10.1. The Morgan fingerprint density at radius 1 is 1.23 bits per heavy atom. The van der Waals surface area contributed by atoms with E-state index in [1.165, 1.54) is 11.5 Å². The number of hydrogen-bond donors (Lipinski definition) is 2. The van der Waals surface area contributed by atoms with Crippen molar-refractivity contribution in [2.24, 2.45) is 0 Å². The van der Waals surface area contributed by atoms with Gasteiger partial charge in [-0.05, 0) is 61.6 Å². The summed E-state index contributed by atoms with van der Waals surface area (Å²) >= 11 is 4.97. The molecule has 3 rings (SSSR count). The average Bonchev–Trinajstić information content (AvgIpc) is 3.07. The third-order valence-electron chi connectivity index (χ3n) is 4.22. The van der Waals surface area contributed by atoms with Gasteiger partial charge in [0.1, 0.15) is 5.75 Å². The van der Waals surface area contributed by atoms with Gasteiger partial charge >= 0.3 is 0 Å². The minimum absolute atomic E-state index is 0.179. The van der Waals surface area contributed by atoms with Crippen LogP contribution in [0.5, 0.6) is 5.75 Å². The molecule has 0 saturated heterocycles. The van der Waals surface area contributed by atoms with Crippen molar-refractivity contribution in [3.05, 3.63) is 46.9 Å². The number of rotatable bonds is 9. The van der Waals surface area contributed by atoms with E-state index in [2.05, 4.69) is 56.8 Å². The molecule has 2 aromatic carbocycles. The van der Waals surface area contributed by atoms with E-state index in [-0.39, 0.29) is 6.61 Å². The highest BCUT2D eigenvalue weighted by atomic mass is 79.9. The van der Waals surface area contributed by atoms with Crippen LogP contribution < -0.4 is 10.1 Å². The number of hydrogen-bond acceptors (Lipinski definition) is 5. The first-order chi connectivity index (χ1) is 12.7. The lowest BCUT2D eigenvalue weighted by Crippen LogP contribution is -2.29. The molecule has 26 heavy (non-hydrogen) atoms. The first kappa shape index (κ1) is 19.3.